The Morgan fingerprint density at radius 1 is 1.07 bits per heavy atom. The molecule has 2 rings (SSSR count). The second kappa shape index (κ2) is 4.45. The molecule has 0 aliphatic rings. The fourth-order valence-electron chi connectivity index (χ4n) is 1.45. The van der Waals surface area contributed by atoms with E-state index in [4.69, 9.17) is 5.73 Å². The molecular weight excluding hydrogens is 252 g/mol. The highest BCUT2D eigenvalue weighted by atomic mass is 79.9. The maximum absolute atomic E-state index is 5.79. The molecule has 0 aliphatic heterocycles. The maximum atomic E-state index is 5.79. The SMILES string of the molecule is Nc1ncccc1Cc1ccccc1Br. The summed E-state index contributed by atoms with van der Waals surface area (Å²) >= 11 is 3.52. The third-order valence-electron chi connectivity index (χ3n) is 2.26. The van der Waals surface area contributed by atoms with Crippen LogP contribution in [0.4, 0.5) is 5.82 Å². The maximum Gasteiger partial charge on any atom is 0.126 e. The molecule has 0 saturated heterocycles. The number of nitrogen functional groups attached to an aromatic ring is 1. The topological polar surface area (TPSA) is 38.9 Å². The summed E-state index contributed by atoms with van der Waals surface area (Å²) in [7, 11) is 0. The van der Waals surface area contributed by atoms with Crippen molar-refractivity contribution in [2.45, 2.75) is 6.42 Å². The predicted octanol–water partition coefficient (Wildman–Crippen LogP) is 3.02. The summed E-state index contributed by atoms with van der Waals surface area (Å²) in [5, 5.41) is 0. The first-order valence-electron chi connectivity index (χ1n) is 4.70. The number of aromatic nitrogens is 1. The number of nitrogens with two attached hydrogens (primary N) is 1. The summed E-state index contributed by atoms with van der Waals surface area (Å²) in [6, 6.07) is 12.0. The number of anilines is 1. The van der Waals surface area contributed by atoms with Crippen LogP contribution in [0.1, 0.15) is 11.1 Å². The number of benzene rings is 1. The van der Waals surface area contributed by atoms with E-state index in [1.54, 1.807) is 6.20 Å². The molecule has 2 N–H and O–H groups in total. The Morgan fingerprint density at radius 3 is 2.53 bits per heavy atom. The number of nitrogens with zero attached hydrogens (tertiary/aromatic N) is 1. The van der Waals surface area contributed by atoms with Crippen molar-refractivity contribution in [3.63, 3.8) is 0 Å². The molecule has 0 fully saturated rings. The van der Waals surface area contributed by atoms with Gasteiger partial charge in [-0.05, 0) is 23.3 Å². The molecule has 15 heavy (non-hydrogen) atoms. The minimum absolute atomic E-state index is 0.605. The van der Waals surface area contributed by atoms with Crippen molar-refractivity contribution in [3.8, 4) is 0 Å². The minimum Gasteiger partial charge on any atom is -0.383 e. The second-order valence-electron chi connectivity index (χ2n) is 3.32. The smallest absolute Gasteiger partial charge is 0.126 e. The Labute approximate surface area is 97.3 Å². The molecule has 0 saturated carbocycles. The fraction of sp³-hybridized carbons (Fsp3) is 0.0833. The Kier molecular flexibility index (Phi) is 3.02. The molecule has 76 valence electrons. The number of halogens is 1. The predicted molar refractivity (Wildman–Crippen MR) is 65.6 cm³/mol. The van der Waals surface area contributed by atoms with Gasteiger partial charge in [-0.15, -0.1) is 0 Å². The molecule has 0 spiro atoms. The van der Waals surface area contributed by atoms with E-state index < -0.39 is 0 Å². The molecule has 0 aliphatic carbocycles. The van der Waals surface area contributed by atoms with Crippen LogP contribution in [0.5, 0.6) is 0 Å². The number of hydrogen-bond acceptors (Lipinski definition) is 2. The van der Waals surface area contributed by atoms with Crippen LogP contribution in [-0.4, -0.2) is 4.98 Å². The molecule has 0 amide bonds. The quantitative estimate of drug-likeness (QED) is 0.904. The normalized spacial score (nSPS) is 10.2. The van der Waals surface area contributed by atoms with Gasteiger partial charge in [0.1, 0.15) is 5.82 Å². The highest BCUT2D eigenvalue weighted by Gasteiger charge is 2.03. The van der Waals surface area contributed by atoms with Gasteiger partial charge in [-0.1, -0.05) is 40.2 Å². The fourth-order valence-corrected chi connectivity index (χ4v) is 1.87. The van der Waals surface area contributed by atoms with Gasteiger partial charge in [0.05, 0.1) is 0 Å². The van der Waals surface area contributed by atoms with E-state index in [-0.39, 0.29) is 0 Å². The Hall–Kier alpha value is -1.35. The molecule has 0 radical (unpaired) electrons. The Bertz CT molecular complexity index is 425. The molecule has 1 aromatic carbocycles. The van der Waals surface area contributed by atoms with Gasteiger partial charge in [0.15, 0.2) is 0 Å². The first kappa shape index (κ1) is 10.2. The third kappa shape index (κ3) is 2.36. The zero-order chi connectivity index (χ0) is 10.7. The molecule has 1 heterocycles. The van der Waals surface area contributed by atoms with Crippen LogP contribution in [0.2, 0.25) is 0 Å². The van der Waals surface area contributed by atoms with Gasteiger partial charge in [0.2, 0.25) is 0 Å². The lowest BCUT2D eigenvalue weighted by Crippen LogP contribution is -1.98. The van der Waals surface area contributed by atoms with Crippen molar-refractivity contribution in [2.24, 2.45) is 0 Å². The monoisotopic (exact) mass is 262 g/mol. The average molecular weight is 263 g/mol. The minimum atomic E-state index is 0.605. The van der Waals surface area contributed by atoms with E-state index >= 15 is 0 Å². The van der Waals surface area contributed by atoms with Gasteiger partial charge in [-0.3, -0.25) is 0 Å². The van der Waals surface area contributed by atoms with E-state index in [9.17, 15) is 0 Å². The van der Waals surface area contributed by atoms with Gasteiger partial charge in [-0.25, -0.2) is 4.98 Å². The molecular formula is C12H11BrN2. The van der Waals surface area contributed by atoms with Crippen LogP contribution in [0.25, 0.3) is 0 Å². The largest absolute Gasteiger partial charge is 0.383 e. The molecule has 0 atom stereocenters. The summed E-state index contributed by atoms with van der Waals surface area (Å²) in [5.41, 5.74) is 8.07. The second-order valence-corrected chi connectivity index (χ2v) is 4.17. The van der Waals surface area contributed by atoms with Crippen molar-refractivity contribution < 1.29 is 0 Å². The lowest BCUT2D eigenvalue weighted by Gasteiger charge is -2.06. The first-order chi connectivity index (χ1) is 7.27. The van der Waals surface area contributed by atoms with Gasteiger partial charge in [0, 0.05) is 17.1 Å². The average Bonchev–Trinajstić information content (AvgIpc) is 2.24. The summed E-state index contributed by atoms with van der Waals surface area (Å²) in [6.45, 7) is 0. The lowest BCUT2D eigenvalue weighted by molar-refractivity contribution is 1.14. The summed E-state index contributed by atoms with van der Waals surface area (Å²) in [6.07, 6.45) is 2.51. The van der Waals surface area contributed by atoms with E-state index in [1.807, 2.05) is 30.3 Å². The van der Waals surface area contributed by atoms with Crippen molar-refractivity contribution >= 4 is 21.7 Å². The van der Waals surface area contributed by atoms with Crippen LogP contribution in [0, 0.1) is 0 Å². The number of pyridine rings is 1. The molecule has 0 unspecified atom stereocenters. The Balaban J connectivity index is 2.30. The van der Waals surface area contributed by atoms with Crippen LogP contribution in [0.15, 0.2) is 47.1 Å². The van der Waals surface area contributed by atoms with Gasteiger partial charge < -0.3 is 5.73 Å². The van der Waals surface area contributed by atoms with Gasteiger partial charge in [0.25, 0.3) is 0 Å². The number of rotatable bonds is 2. The highest BCUT2D eigenvalue weighted by molar-refractivity contribution is 9.10. The molecule has 1 aromatic heterocycles. The van der Waals surface area contributed by atoms with Gasteiger partial charge >= 0.3 is 0 Å². The van der Waals surface area contributed by atoms with Crippen LogP contribution in [0.3, 0.4) is 0 Å². The van der Waals surface area contributed by atoms with Crippen molar-refractivity contribution in [1.82, 2.24) is 4.98 Å². The molecule has 3 heteroatoms. The van der Waals surface area contributed by atoms with E-state index in [0.717, 1.165) is 16.5 Å². The molecule has 2 aromatic rings. The van der Waals surface area contributed by atoms with Gasteiger partial charge in [-0.2, -0.15) is 0 Å². The summed E-state index contributed by atoms with van der Waals surface area (Å²) in [5.74, 6) is 0.605. The van der Waals surface area contributed by atoms with Crippen LogP contribution in [-0.2, 0) is 6.42 Å². The summed E-state index contributed by atoms with van der Waals surface area (Å²) in [4.78, 5) is 4.07. The zero-order valence-corrected chi connectivity index (χ0v) is 9.74. The lowest BCUT2D eigenvalue weighted by atomic mass is 10.1. The van der Waals surface area contributed by atoms with E-state index in [0.29, 0.717) is 5.82 Å². The third-order valence-corrected chi connectivity index (χ3v) is 3.04. The van der Waals surface area contributed by atoms with Crippen LogP contribution < -0.4 is 5.73 Å². The van der Waals surface area contributed by atoms with Crippen molar-refractivity contribution in [1.29, 1.82) is 0 Å². The van der Waals surface area contributed by atoms with Crippen LogP contribution >= 0.6 is 15.9 Å². The first-order valence-corrected chi connectivity index (χ1v) is 5.49. The standard InChI is InChI=1S/C12H11BrN2/c13-11-6-2-1-4-9(11)8-10-5-3-7-15-12(10)14/h1-7H,8H2,(H2,14,15). The van der Waals surface area contributed by atoms with E-state index in [1.165, 1.54) is 5.56 Å². The Morgan fingerprint density at radius 2 is 1.80 bits per heavy atom. The van der Waals surface area contributed by atoms with E-state index in [2.05, 4.69) is 27.0 Å². The number of hydrogen-bond donors (Lipinski definition) is 1. The summed E-state index contributed by atoms with van der Waals surface area (Å²) < 4.78 is 1.10. The molecule has 0 bridgehead atoms. The zero-order valence-electron chi connectivity index (χ0n) is 8.15. The molecule has 2 nitrogen and oxygen atoms in total. The highest BCUT2D eigenvalue weighted by Crippen LogP contribution is 2.21. The van der Waals surface area contributed by atoms with Crippen molar-refractivity contribution in [3.05, 3.63) is 58.2 Å². The van der Waals surface area contributed by atoms with Crippen molar-refractivity contribution in [2.75, 3.05) is 5.73 Å².